The van der Waals surface area contributed by atoms with Gasteiger partial charge in [0.2, 0.25) is 0 Å². The SMILES string of the molecule is CCCNC(Cc1ccc(Br)s1)C1CCC(C)(C)CC1. The summed E-state index contributed by atoms with van der Waals surface area (Å²) in [6.07, 6.45) is 7.97. The normalized spacial score (nSPS) is 21.0. The van der Waals surface area contributed by atoms with Crippen molar-refractivity contribution in [2.45, 2.75) is 65.3 Å². The first-order chi connectivity index (χ1) is 9.50. The van der Waals surface area contributed by atoms with Gasteiger partial charge in [0.25, 0.3) is 0 Å². The highest BCUT2D eigenvalue weighted by molar-refractivity contribution is 9.11. The van der Waals surface area contributed by atoms with Crippen LogP contribution in [-0.4, -0.2) is 12.6 Å². The Bertz CT molecular complexity index is 403. The number of hydrogen-bond donors (Lipinski definition) is 1. The maximum absolute atomic E-state index is 3.82. The molecule has 20 heavy (non-hydrogen) atoms. The van der Waals surface area contributed by atoms with E-state index in [0.717, 1.165) is 12.5 Å². The van der Waals surface area contributed by atoms with E-state index in [0.29, 0.717) is 11.5 Å². The Hall–Kier alpha value is 0.140. The van der Waals surface area contributed by atoms with Crippen LogP contribution in [0, 0.1) is 11.3 Å². The molecule has 1 aliphatic carbocycles. The first-order valence-corrected chi connectivity index (χ1v) is 9.59. The molecular formula is C17H28BrNS. The largest absolute Gasteiger partial charge is 0.313 e. The van der Waals surface area contributed by atoms with E-state index in [-0.39, 0.29) is 0 Å². The van der Waals surface area contributed by atoms with Gasteiger partial charge < -0.3 is 5.32 Å². The lowest BCUT2D eigenvalue weighted by Crippen LogP contribution is -2.41. The van der Waals surface area contributed by atoms with Gasteiger partial charge in [0.1, 0.15) is 0 Å². The molecule has 0 amide bonds. The van der Waals surface area contributed by atoms with Crippen LogP contribution in [0.4, 0.5) is 0 Å². The van der Waals surface area contributed by atoms with Crippen LogP contribution >= 0.6 is 27.3 Å². The van der Waals surface area contributed by atoms with Gasteiger partial charge in [-0.1, -0.05) is 20.8 Å². The van der Waals surface area contributed by atoms with Gasteiger partial charge in [-0.15, -0.1) is 11.3 Å². The number of rotatable bonds is 6. The summed E-state index contributed by atoms with van der Waals surface area (Å²) in [5.74, 6) is 0.857. The summed E-state index contributed by atoms with van der Waals surface area (Å²) in [6, 6.07) is 5.12. The lowest BCUT2D eigenvalue weighted by molar-refractivity contribution is 0.161. The van der Waals surface area contributed by atoms with Gasteiger partial charge in [-0.25, -0.2) is 0 Å². The van der Waals surface area contributed by atoms with Crippen molar-refractivity contribution in [1.29, 1.82) is 0 Å². The Labute approximate surface area is 136 Å². The Kier molecular flexibility index (Phi) is 6.12. The van der Waals surface area contributed by atoms with Crippen LogP contribution < -0.4 is 5.32 Å². The van der Waals surface area contributed by atoms with Crippen LogP contribution in [0.5, 0.6) is 0 Å². The molecule has 1 aromatic rings. The highest BCUT2D eigenvalue weighted by atomic mass is 79.9. The molecular weight excluding hydrogens is 330 g/mol. The zero-order chi connectivity index (χ0) is 14.6. The quantitative estimate of drug-likeness (QED) is 0.694. The van der Waals surface area contributed by atoms with Gasteiger partial charge in [0.15, 0.2) is 0 Å². The highest BCUT2D eigenvalue weighted by Gasteiger charge is 2.31. The monoisotopic (exact) mass is 357 g/mol. The predicted octanol–water partition coefficient (Wildman–Crippen LogP) is 5.64. The van der Waals surface area contributed by atoms with Gasteiger partial charge in [0.05, 0.1) is 3.79 Å². The molecule has 1 saturated carbocycles. The van der Waals surface area contributed by atoms with E-state index >= 15 is 0 Å². The second-order valence-electron chi connectivity index (χ2n) is 6.97. The summed E-state index contributed by atoms with van der Waals surface area (Å²) < 4.78 is 1.26. The van der Waals surface area contributed by atoms with Crippen molar-refractivity contribution in [1.82, 2.24) is 5.32 Å². The van der Waals surface area contributed by atoms with E-state index in [4.69, 9.17) is 0 Å². The lowest BCUT2D eigenvalue weighted by Gasteiger charge is -2.38. The fourth-order valence-electron chi connectivity index (χ4n) is 3.24. The van der Waals surface area contributed by atoms with Gasteiger partial charge >= 0.3 is 0 Å². The van der Waals surface area contributed by atoms with E-state index < -0.39 is 0 Å². The maximum Gasteiger partial charge on any atom is 0.0701 e. The molecule has 0 spiro atoms. The van der Waals surface area contributed by atoms with Crippen LogP contribution in [0.2, 0.25) is 0 Å². The first-order valence-electron chi connectivity index (χ1n) is 7.98. The number of thiophene rings is 1. The van der Waals surface area contributed by atoms with Gasteiger partial charge in [-0.2, -0.15) is 0 Å². The minimum atomic E-state index is 0.567. The molecule has 114 valence electrons. The first kappa shape index (κ1) is 16.5. The molecule has 3 heteroatoms. The summed E-state index contributed by atoms with van der Waals surface area (Å²) in [5, 5.41) is 3.82. The smallest absolute Gasteiger partial charge is 0.0701 e. The van der Waals surface area contributed by atoms with Gasteiger partial charge in [0, 0.05) is 10.9 Å². The molecule has 1 aromatic heterocycles. The molecule has 1 aliphatic rings. The fourth-order valence-corrected chi connectivity index (χ4v) is 4.78. The van der Waals surface area contributed by atoms with Crippen molar-refractivity contribution >= 4 is 27.3 Å². The van der Waals surface area contributed by atoms with Crippen molar-refractivity contribution in [3.05, 3.63) is 20.8 Å². The van der Waals surface area contributed by atoms with E-state index in [1.807, 2.05) is 11.3 Å². The van der Waals surface area contributed by atoms with E-state index in [1.165, 1.54) is 47.2 Å². The van der Waals surface area contributed by atoms with Gasteiger partial charge in [-0.05, 0) is 84.5 Å². The average Bonchev–Trinajstić information content (AvgIpc) is 2.80. The molecule has 2 rings (SSSR count). The van der Waals surface area contributed by atoms with Crippen LogP contribution in [0.3, 0.4) is 0 Å². The molecule has 1 nitrogen and oxygen atoms in total. The van der Waals surface area contributed by atoms with Crippen LogP contribution in [0.15, 0.2) is 15.9 Å². The second kappa shape index (κ2) is 7.42. The number of hydrogen-bond acceptors (Lipinski definition) is 2. The Morgan fingerprint density at radius 3 is 2.60 bits per heavy atom. The molecule has 1 unspecified atom stereocenters. The lowest BCUT2D eigenvalue weighted by atomic mass is 9.70. The minimum Gasteiger partial charge on any atom is -0.313 e. The van der Waals surface area contributed by atoms with Crippen molar-refractivity contribution in [2.75, 3.05) is 6.54 Å². The average molecular weight is 358 g/mol. The molecule has 0 radical (unpaired) electrons. The zero-order valence-corrected chi connectivity index (χ0v) is 15.4. The summed E-state index contributed by atoms with van der Waals surface area (Å²) >= 11 is 5.47. The molecule has 1 atom stereocenters. The molecule has 0 saturated heterocycles. The Balaban J connectivity index is 1.96. The number of nitrogens with one attached hydrogen (secondary N) is 1. The van der Waals surface area contributed by atoms with Crippen molar-refractivity contribution in [3.63, 3.8) is 0 Å². The van der Waals surface area contributed by atoms with Crippen LogP contribution in [0.25, 0.3) is 0 Å². The third kappa shape index (κ3) is 4.85. The van der Waals surface area contributed by atoms with Crippen LogP contribution in [-0.2, 0) is 6.42 Å². The van der Waals surface area contributed by atoms with Crippen LogP contribution in [0.1, 0.15) is 57.8 Å². The maximum atomic E-state index is 3.82. The standard InChI is InChI=1S/C17H28BrNS/c1-4-11-19-15(12-14-5-6-16(18)20-14)13-7-9-17(2,3)10-8-13/h5-6,13,15,19H,4,7-12H2,1-3H3. The van der Waals surface area contributed by atoms with Crippen molar-refractivity contribution < 1.29 is 0 Å². The molecule has 1 heterocycles. The molecule has 0 aromatic carbocycles. The number of halogens is 1. The van der Waals surface area contributed by atoms with Crippen molar-refractivity contribution in [2.24, 2.45) is 11.3 Å². The fraction of sp³-hybridized carbons (Fsp3) is 0.765. The topological polar surface area (TPSA) is 12.0 Å². The molecule has 1 fully saturated rings. The van der Waals surface area contributed by atoms with Gasteiger partial charge in [-0.3, -0.25) is 0 Å². The third-order valence-electron chi connectivity index (χ3n) is 4.66. The van der Waals surface area contributed by atoms with E-state index in [1.54, 1.807) is 0 Å². The highest BCUT2D eigenvalue weighted by Crippen LogP contribution is 2.40. The second-order valence-corrected chi connectivity index (χ2v) is 9.52. The zero-order valence-electron chi connectivity index (χ0n) is 13.0. The van der Waals surface area contributed by atoms with E-state index in [9.17, 15) is 0 Å². The molecule has 0 bridgehead atoms. The van der Waals surface area contributed by atoms with E-state index in [2.05, 4.69) is 54.2 Å². The molecule has 1 N–H and O–H groups in total. The summed E-state index contributed by atoms with van der Waals surface area (Å²) in [7, 11) is 0. The Morgan fingerprint density at radius 2 is 2.05 bits per heavy atom. The third-order valence-corrected chi connectivity index (χ3v) is 6.31. The Morgan fingerprint density at radius 1 is 1.35 bits per heavy atom. The summed E-state index contributed by atoms with van der Waals surface area (Å²) in [5.41, 5.74) is 0.567. The molecule has 0 aliphatic heterocycles. The minimum absolute atomic E-state index is 0.567. The predicted molar refractivity (Wildman–Crippen MR) is 93.5 cm³/mol. The summed E-state index contributed by atoms with van der Waals surface area (Å²) in [6.45, 7) is 8.26. The van der Waals surface area contributed by atoms with Crippen molar-refractivity contribution in [3.8, 4) is 0 Å². The summed E-state index contributed by atoms with van der Waals surface area (Å²) in [4.78, 5) is 1.51.